The normalized spacial score (nSPS) is 11.2. The van der Waals surface area contributed by atoms with E-state index in [9.17, 15) is 18.0 Å². The molecule has 9 heteroatoms. The van der Waals surface area contributed by atoms with Crippen molar-refractivity contribution in [3.05, 3.63) is 77.7 Å². The molecular weight excluding hydrogens is 373 g/mol. The number of alkyl halides is 3. The number of benzene rings is 1. The van der Waals surface area contributed by atoms with Crippen molar-refractivity contribution < 1.29 is 22.7 Å². The van der Waals surface area contributed by atoms with E-state index in [2.05, 4.69) is 20.1 Å². The second-order valence-corrected chi connectivity index (χ2v) is 5.97. The first-order valence-electron chi connectivity index (χ1n) is 8.39. The highest BCUT2D eigenvalue weighted by atomic mass is 19.4. The molecule has 0 saturated heterocycles. The first-order valence-corrected chi connectivity index (χ1v) is 8.39. The smallest absolute Gasteiger partial charge is 0.422 e. The van der Waals surface area contributed by atoms with E-state index in [1.54, 1.807) is 17.1 Å². The van der Waals surface area contributed by atoms with Gasteiger partial charge in [-0.15, -0.1) is 0 Å². The summed E-state index contributed by atoms with van der Waals surface area (Å²) in [6.07, 6.45) is 0.153. The molecule has 1 aromatic carbocycles. The predicted molar refractivity (Wildman–Crippen MR) is 94.7 cm³/mol. The number of hydrogen-bond donors (Lipinski definition) is 1. The molecule has 6 nitrogen and oxygen atoms in total. The summed E-state index contributed by atoms with van der Waals surface area (Å²) >= 11 is 0. The monoisotopic (exact) mass is 390 g/mol. The molecule has 0 bridgehead atoms. The summed E-state index contributed by atoms with van der Waals surface area (Å²) in [4.78, 5) is 16.0. The van der Waals surface area contributed by atoms with Crippen molar-refractivity contribution in [3.63, 3.8) is 0 Å². The van der Waals surface area contributed by atoms with Gasteiger partial charge in [0.2, 0.25) is 5.88 Å². The number of aromatic nitrogens is 3. The van der Waals surface area contributed by atoms with Crippen molar-refractivity contribution >= 4 is 5.91 Å². The van der Waals surface area contributed by atoms with E-state index in [4.69, 9.17) is 0 Å². The zero-order chi connectivity index (χ0) is 20.0. The van der Waals surface area contributed by atoms with Crippen LogP contribution in [-0.4, -0.2) is 33.5 Å². The number of ether oxygens (including phenoxy) is 1. The van der Waals surface area contributed by atoms with Gasteiger partial charge in [-0.1, -0.05) is 30.3 Å². The minimum absolute atomic E-state index is 0.0663. The Kier molecular flexibility index (Phi) is 5.93. The van der Waals surface area contributed by atoms with Gasteiger partial charge in [-0.3, -0.25) is 9.48 Å². The van der Waals surface area contributed by atoms with Crippen molar-refractivity contribution in [1.29, 1.82) is 0 Å². The van der Waals surface area contributed by atoms with Crippen LogP contribution in [0, 0.1) is 0 Å². The van der Waals surface area contributed by atoms with Crippen LogP contribution in [0.5, 0.6) is 5.88 Å². The molecule has 0 saturated carbocycles. The summed E-state index contributed by atoms with van der Waals surface area (Å²) in [5.74, 6) is -0.946. The SMILES string of the molecule is O=C(NCc1cnn(Cc2ccccc2)c1)c1cccnc1OCC(F)(F)F. The molecule has 0 aliphatic carbocycles. The zero-order valence-electron chi connectivity index (χ0n) is 14.7. The lowest BCUT2D eigenvalue weighted by atomic mass is 10.2. The number of rotatable bonds is 7. The number of carbonyl (C=O) groups excluding carboxylic acids is 1. The second-order valence-electron chi connectivity index (χ2n) is 5.97. The molecule has 0 aliphatic heterocycles. The molecule has 1 amide bonds. The minimum atomic E-state index is -4.52. The third-order valence-electron chi connectivity index (χ3n) is 3.72. The topological polar surface area (TPSA) is 69.0 Å². The maximum absolute atomic E-state index is 12.3. The Morgan fingerprint density at radius 3 is 2.64 bits per heavy atom. The van der Waals surface area contributed by atoms with Gasteiger partial charge in [-0.2, -0.15) is 18.3 Å². The van der Waals surface area contributed by atoms with E-state index in [1.807, 2.05) is 30.3 Å². The van der Waals surface area contributed by atoms with Gasteiger partial charge in [0, 0.05) is 24.5 Å². The average Bonchev–Trinajstić information content (AvgIpc) is 3.12. The highest BCUT2D eigenvalue weighted by Crippen LogP contribution is 2.20. The fraction of sp³-hybridized carbons (Fsp3) is 0.211. The lowest BCUT2D eigenvalue weighted by Crippen LogP contribution is -2.25. The number of pyridine rings is 1. The molecular formula is C19H17F3N4O2. The van der Waals surface area contributed by atoms with Crippen molar-refractivity contribution in [1.82, 2.24) is 20.1 Å². The number of halogens is 3. The van der Waals surface area contributed by atoms with Crippen molar-refractivity contribution in [2.75, 3.05) is 6.61 Å². The zero-order valence-corrected chi connectivity index (χ0v) is 14.7. The van der Waals surface area contributed by atoms with Crippen molar-refractivity contribution in [3.8, 4) is 5.88 Å². The molecule has 0 atom stereocenters. The molecule has 2 heterocycles. The van der Waals surface area contributed by atoms with E-state index in [-0.39, 0.29) is 18.0 Å². The van der Waals surface area contributed by atoms with Gasteiger partial charge >= 0.3 is 6.18 Å². The van der Waals surface area contributed by atoms with Crippen LogP contribution in [0.3, 0.4) is 0 Å². The van der Waals surface area contributed by atoms with Crippen LogP contribution in [0.1, 0.15) is 21.5 Å². The highest BCUT2D eigenvalue weighted by Gasteiger charge is 2.29. The Morgan fingerprint density at radius 2 is 1.89 bits per heavy atom. The molecule has 0 radical (unpaired) electrons. The summed E-state index contributed by atoms with van der Waals surface area (Å²) in [7, 11) is 0. The summed E-state index contributed by atoms with van der Waals surface area (Å²) in [6.45, 7) is -0.759. The van der Waals surface area contributed by atoms with Crippen LogP contribution >= 0.6 is 0 Å². The maximum atomic E-state index is 12.3. The number of hydrogen-bond acceptors (Lipinski definition) is 4. The minimum Gasteiger partial charge on any atom is -0.467 e. The molecule has 0 unspecified atom stereocenters. The van der Waals surface area contributed by atoms with Crippen LogP contribution in [0.25, 0.3) is 0 Å². The summed E-state index contributed by atoms with van der Waals surface area (Å²) < 4.78 is 43.4. The predicted octanol–water partition coefficient (Wildman–Crippen LogP) is 3.20. The molecule has 0 aliphatic rings. The van der Waals surface area contributed by atoms with E-state index in [1.165, 1.54) is 18.3 Å². The Balaban J connectivity index is 1.59. The lowest BCUT2D eigenvalue weighted by Gasteiger charge is -2.11. The first-order chi connectivity index (χ1) is 13.4. The van der Waals surface area contributed by atoms with Gasteiger partial charge in [0.05, 0.1) is 12.7 Å². The summed E-state index contributed by atoms with van der Waals surface area (Å²) in [5, 5.41) is 6.88. The van der Waals surface area contributed by atoms with Crippen LogP contribution in [-0.2, 0) is 13.1 Å². The lowest BCUT2D eigenvalue weighted by molar-refractivity contribution is -0.154. The summed E-state index contributed by atoms with van der Waals surface area (Å²) in [6, 6.07) is 12.6. The molecule has 28 heavy (non-hydrogen) atoms. The second kappa shape index (κ2) is 8.55. The Bertz CT molecular complexity index is 926. The van der Waals surface area contributed by atoms with Crippen LogP contribution in [0.15, 0.2) is 61.1 Å². The highest BCUT2D eigenvalue weighted by molar-refractivity contribution is 5.96. The van der Waals surface area contributed by atoms with Crippen LogP contribution in [0.2, 0.25) is 0 Å². The van der Waals surface area contributed by atoms with Crippen molar-refractivity contribution in [2.45, 2.75) is 19.3 Å². The third-order valence-corrected chi connectivity index (χ3v) is 3.72. The van der Waals surface area contributed by atoms with Crippen molar-refractivity contribution in [2.24, 2.45) is 0 Å². The van der Waals surface area contributed by atoms with E-state index >= 15 is 0 Å². The fourth-order valence-electron chi connectivity index (χ4n) is 2.46. The van der Waals surface area contributed by atoms with Gasteiger partial charge in [0.25, 0.3) is 5.91 Å². The van der Waals surface area contributed by atoms with Gasteiger partial charge in [-0.05, 0) is 17.7 Å². The largest absolute Gasteiger partial charge is 0.467 e. The maximum Gasteiger partial charge on any atom is 0.422 e. The molecule has 3 aromatic rings. The Labute approximate surface area is 159 Å². The quantitative estimate of drug-likeness (QED) is 0.673. The van der Waals surface area contributed by atoms with Crippen LogP contribution in [0.4, 0.5) is 13.2 Å². The number of carbonyl (C=O) groups is 1. The third kappa shape index (κ3) is 5.57. The molecule has 3 rings (SSSR count). The average molecular weight is 390 g/mol. The standard InChI is InChI=1S/C19H17F3N4O2/c20-19(21,22)13-28-18-16(7-4-8-23-18)17(27)24-9-15-10-25-26(12-15)11-14-5-2-1-3-6-14/h1-8,10,12H,9,11,13H2,(H,24,27). The van der Waals surface area contributed by atoms with E-state index in [0.717, 1.165) is 11.1 Å². The number of amides is 1. The molecule has 2 aromatic heterocycles. The number of nitrogens with zero attached hydrogens (tertiary/aromatic N) is 3. The van der Waals surface area contributed by atoms with Gasteiger partial charge in [0.15, 0.2) is 6.61 Å². The molecule has 0 spiro atoms. The number of nitrogens with one attached hydrogen (secondary N) is 1. The molecule has 0 fully saturated rings. The van der Waals surface area contributed by atoms with Gasteiger partial charge in [-0.25, -0.2) is 4.98 Å². The van der Waals surface area contributed by atoms with Gasteiger partial charge in [0.1, 0.15) is 5.56 Å². The van der Waals surface area contributed by atoms with E-state index in [0.29, 0.717) is 6.54 Å². The molecule has 146 valence electrons. The fourth-order valence-corrected chi connectivity index (χ4v) is 2.46. The van der Waals surface area contributed by atoms with Crippen LogP contribution < -0.4 is 10.1 Å². The summed E-state index contributed by atoms with van der Waals surface area (Å²) in [5.41, 5.74) is 1.78. The Morgan fingerprint density at radius 1 is 1.11 bits per heavy atom. The van der Waals surface area contributed by atoms with Gasteiger partial charge < -0.3 is 10.1 Å². The molecule has 1 N–H and O–H groups in total. The first kappa shape index (κ1) is 19.4. The van der Waals surface area contributed by atoms with E-state index < -0.39 is 18.7 Å². The Hall–Kier alpha value is -3.36.